The van der Waals surface area contributed by atoms with Crippen molar-refractivity contribution in [1.29, 1.82) is 0 Å². The van der Waals surface area contributed by atoms with Crippen LogP contribution in [0.3, 0.4) is 0 Å². The van der Waals surface area contributed by atoms with Crippen molar-refractivity contribution in [3.8, 4) is 0 Å². The Morgan fingerprint density at radius 3 is 2.11 bits per heavy atom. The highest BCUT2D eigenvalue weighted by atomic mass is 16.6. The van der Waals surface area contributed by atoms with Gasteiger partial charge >= 0.3 is 6.09 Å². The van der Waals surface area contributed by atoms with E-state index in [0.717, 1.165) is 44.9 Å². The third-order valence-electron chi connectivity index (χ3n) is 11.6. The first-order valence-corrected chi connectivity index (χ1v) is 19.7. The maximum atomic E-state index is 14.5. The van der Waals surface area contributed by atoms with Crippen LogP contribution in [0, 0.1) is 28.6 Å². The normalized spacial score (nSPS) is 23.0. The van der Waals surface area contributed by atoms with Crippen molar-refractivity contribution < 1.29 is 38.3 Å². The van der Waals surface area contributed by atoms with Gasteiger partial charge in [0.25, 0.3) is 5.91 Å². The van der Waals surface area contributed by atoms with Gasteiger partial charge in [-0.1, -0.05) is 70.4 Å². The molecule has 1 aromatic carbocycles. The van der Waals surface area contributed by atoms with E-state index in [9.17, 15) is 33.6 Å². The van der Waals surface area contributed by atoms with Gasteiger partial charge in [-0.15, -0.1) is 0 Å². The molecule has 14 nitrogen and oxygen atoms in total. The molecular formula is C41H60N6O8. The maximum Gasteiger partial charge on any atom is 0.408 e. The lowest BCUT2D eigenvalue weighted by atomic mass is 9.80. The molecule has 6 atom stereocenters. The molecule has 4 aliphatic rings. The molecule has 1 saturated heterocycles. The fourth-order valence-electron chi connectivity index (χ4n) is 8.37. The zero-order chi connectivity index (χ0) is 40.5. The smallest absolute Gasteiger partial charge is 0.408 e. The molecule has 14 heteroatoms. The molecule has 1 spiro atoms. The topological polar surface area (TPSA) is 183 Å². The molecule has 55 heavy (non-hydrogen) atoms. The summed E-state index contributed by atoms with van der Waals surface area (Å²) in [6, 6.07) is 4.65. The average Bonchev–Trinajstić information content (AvgIpc) is 3.62. The second kappa shape index (κ2) is 16.3. The number of likely N-dealkylation sites (tertiary alicyclic amines) is 1. The number of nitrogens with zero attached hydrogens (tertiary/aromatic N) is 2. The molecule has 302 valence electrons. The number of fused-ring (bicyclic) bond motifs is 1. The van der Waals surface area contributed by atoms with E-state index in [1.54, 1.807) is 70.1 Å². The highest BCUT2D eigenvalue weighted by molar-refractivity contribution is 6.38. The summed E-state index contributed by atoms with van der Waals surface area (Å²) in [5.41, 5.74) is -0.765. The van der Waals surface area contributed by atoms with E-state index in [2.05, 4.69) is 21.3 Å². The van der Waals surface area contributed by atoms with Crippen LogP contribution in [0.5, 0.6) is 0 Å². The summed E-state index contributed by atoms with van der Waals surface area (Å²) in [6.45, 7) is 10.5. The Kier molecular flexibility index (Phi) is 12.4. The van der Waals surface area contributed by atoms with Crippen LogP contribution in [0.15, 0.2) is 30.3 Å². The first kappa shape index (κ1) is 41.7. The van der Waals surface area contributed by atoms with Gasteiger partial charge < -0.3 is 35.8 Å². The summed E-state index contributed by atoms with van der Waals surface area (Å²) >= 11 is 0. The van der Waals surface area contributed by atoms with Gasteiger partial charge in [-0.05, 0) is 87.0 Å². The SMILES string of the molecule is CN(C)C(=O)[C@@H](NC(=O)CNC(=O)C(=O)[C@@H](CC1CCC1)NC(=O)[C@@H]1[C@H]2CC3(CC3)C[C@H]2CN1C(=O)[C@@H](NC(=O)OC(C)(C)C)C(C)(C)C)c1ccccc1. The average molecular weight is 765 g/mol. The molecule has 1 heterocycles. The number of Topliss-reactive ketones (excluding diaryl/α,β-unsaturated/α-hetero) is 1. The Bertz CT molecular complexity index is 1640. The summed E-state index contributed by atoms with van der Waals surface area (Å²) in [5, 5.41) is 10.7. The van der Waals surface area contributed by atoms with Crippen LogP contribution in [-0.4, -0.2) is 102 Å². The van der Waals surface area contributed by atoms with E-state index in [0.29, 0.717) is 12.1 Å². The molecule has 1 aliphatic heterocycles. The minimum Gasteiger partial charge on any atom is -0.444 e. The standard InChI is InChI=1S/C41H60N6O8/c1-39(2,3)33(45-38(54)55-40(4,5)6)37(53)47-23-26-20-41(17-18-41)21-27(26)31(47)34(50)43-28(19-24-13-12-14-24)32(49)35(51)42-22-29(48)44-30(36(52)46(7)8)25-15-10-9-11-16-25/h9-11,15-16,24,26-28,30-31,33H,12-14,17-23H2,1-8H3,(H,42,51)(H,43,50)(H,44,48)(H,45,54)/t26-,27-,28+,30-,31-,33+/m0/s1. The van der Waals surface area contributed by atoms with Crippen molar-refractivity contribution in [2.45, 2.75) is 123 Å². The van der Waals surface area contributed by atoms with Crippen molar-refractivity contribution in [3.05, 3.63) is 35.9 Å². The molecule has 0 aromatic heterocycles. The van der Waals surface area contributed by atoms with Crippen molar-refractivity contribution >= 4 is 41.4 Å². The van der Waals surface area contributed by atoms with Gasteiger partial charge in [0.2, 0.25) is 29.4 Å². The van der Waals surface area contributed by atoms with E-state index in [4.69, 9.17) is 4.74 Å². The number of carbonyl (C=O) groups excluding carboxylic acids is 7. The van der Waals surface area contributed by atoms with Gasteiger partial charge in [0.15, 0.2) is 0 Å². The molecule has 1 aromatic rings. The van der Waals surface area contributed by atoms with E-state index in [-0.39, 0.29) is 35.5 Å². The zero-order valence-corrected chi connectivity index (χ0v) is 33.7. The summed E-state index contributed by atoms with van der Waals surface area (Å²) in [5.74, 6) is -3.75. The maximum absolute atomic E-state index is 14.5. The number of rotatable bonds is 13. The second-order valence-electron chi connectivity index (χ2n) is 18.5. The van der Waals surface area contributed by atoms with Crippen LogP contribution in [0.4, 0.5) is 4.79 Å². The predicted molar refractivity (Wildman–Crippen MR) is 204 cm³/mol. The largest absolute Gasteiger partial charge is 0.444 e. The molecule has 5 rings (SSSR count). The Balaban J connectivity index is 1.31. The number of hydrogen-bond donors (Lipinski definition) is 4. The van der Waals surface area contributed by atoms with Crippen molar-refractivity contribution in [3.63, 3.8) is 0 Å². The summed E-state index contributed by atoms with van der Waals surface area (Å²) < 4.78 is 5.49. The van der Waals surface area contributed by atoms with Crippen molar-refractivity contribution in [1.82, 2.24) is 31.1 Å². The summed E-state index contributed by atoms with van der Waals surface area (Å²) in [6.07, 6.45) is 6.07. The van der Waals surface area contributed by atoms with Crippen LogP contribution < -0.4 is 21.3 Å². The van der Waals surface area contributed by atoms with Gasteiger partial charge in [-0.3, -0.25) is 28.8 Å². The van der Waals surface area contributed by atoms with Crippen LogP contribution in [0.1, 0.15) is 105 Å². The Morgan fingerprint density at radius 2 is 1.56 bits per heavy atom. The minimum atomic E-state index is -1.17. The monoisotopic (exact) mass is 764 g/mol. The second-order valence-corrected chi connectivity index (χ2v) is 18.5. The van der Waals surface area contributed by atoms with Gasteiger partial charge in [0.05, 0.1) is 12.6 Å². The summed E-state index contributed by atoms with van der Waals surface area (Å²) in [4.78, 5) is 97.8. The Hall–Kier alpha value is -4.49. The summed E-state index contributed by atoms with van der Waals surface area (Å²) in [7, 11) is 3.14. The lowest BCUT2D eigenvalue weighted by Gasteiger charge is -2.37. The number of carbonyl (C=O) groups is 7. The molecule has 3 aliphatic carbocycles. The third-order valence-corrected chi connectivity index (χ3v) is 11.6. The van der Waals surface area contributed by atoms with Crippen LogP contribution >= 0.6 is 0 Å². The van der Waals surface area contributed by atoms with E-state index in [1.807, 2.05) is 20.8 Å². The van der Waals surface area contributed by atoms with E-state index < -0.39 is 77.2 Å². The molecule has 0 unspecified atom stereocenters. The van der Waals surface area contributed by atoms with Gasteiger partial charge in [-0.2, -0.15) is 0 Å². The van der Waals surface area contributed by atoms with E-state index in [1.165, 1.54) is 4.90 Å². The van der Waals surface area contributed by atoms with E-state index >= 15 is 0 Å². The van der Waals surface area contributed by atoms with Crippen LogP contribution in [0.2, 0.25) is 0 Å². The van der Waals surface area contributed by atoms with Gasteiger partial charge in [0, 0.05) is 20.6 Å². The van der Waals surface area contributed by atoms with Crippen molar-refractivity contribution in [2.75, 3.05) is 27.2 Å². The van der Waals surface area contributed by atoms with Gasteiger partial charge in [-0.25, -0.2) is 4.79 Å². The molecule has 0 bridgehead atoms. The Labute approximate surface area is 324 Å². The first-order valence-electron chi connectivity index (χ1n) is 19.7. The molecule has 0 radical (unpaired) electrons. The first-order chi connectivity index (χ1) is 25.7. The number of alkyl carbamates (subject to hydrolysis) is 1. The molecule has 4 fully saturated rings. The van der Waals surface area contributed by atoms with Gasteiger partial charge in [0.1, 0.15) is 23.7 Å². The number of benzene rings is 1. The number of likely N-dealkylation sites (N-methyl/N-ethyl adjacent to an activating group) is 1. The fraction of sp³-hybridized carbons (Fsp3) is 0.683. The lowest BCUT2D eigenvalue weighted by molar-refractivity contribution is -0.145. The Morgan fingerprint density at radius 1 is 0.909 bits per heavy atom. The van der Waals surface area contributed by atoms with Crippen LogP contribution in [0.25, 0.3) is 0 Å². The number of ether oxygens (including phenoxy) is 1. The van der Waals surface area contributed by atoms with Crippen molar-refractivity contribution in [2.24, 2.45) is 28.6 Å². The number of ketones is 1. The molecular weight excluding hydrogens is 704 g/mol. The molecule has 3 saturated carbocycles. The number of nitrogens with one attached hydrogen (secondary N) is 4. The quantitative estimate of drug-likeness (QED) is 0.221. The fourth-order valence-corrected chi connectivity index (χ4v) is 8.37. The molecule has 4 N–H and O–H groups in total. The minimum absolute atomic E-state index is 0.0889. The number of hydrogen-bond acceptors (Lipinski definition) is 8. The predicted octanol–water partition coefficient (Wildman–Crippen LogP) is 3.25. The third kappa shape index (κ3) is 10.2. The number of amides is 6. The van der Waals surface area contributed by atoms with Crippen LogP contribution in [-0.2, 0) is 33.5 Å². The molecule has 6 amide bonds. The zero-order valence-electron chi connectivity index (χ0n) is 33.7. The highest BCUT2D eigenvalue weighted by Gasteiger charge is 2.61. The lowest BCUT2D eigenvalue weighted by Crippen LogP contribution is -2.60. The highest BCUT2D eigenvalue weighted by Crippen LogP contribution is 2.64.